The van der Waals surface area contributed by atoms with Crippen LogP contribution >= 0.6 is 0 Å². The van der Waals surface area contributed by atoms with E-state index >= 15 is 0 Å². The van der Waals surface area contributed by atoms with Gasteiger partial charge in [0.1, 0.15) is 11.1 Å². The van der Waals surface area contributed by atoms with Crippen LogP contribution in [0.3, 0.4) is 0 Å². The molecule has 124 valence electrons. The summed E-state index contributed by atoms with van der Waals surface area (Å²) >= 11 is 0. The monoisotopic (exact) mass is 317 g/mol. The van der Waals surface area contributed by atoms with E-state index in [1.165, 1.54) is 5.56 Å². The predicted molar refractivity (Wildman–Crippen MR) is 86.9 cm³/mol. The molecule has 0 heterocycles. The highest BCUT2D eigenvalue weighted by Crippen LogP contribution is 2.30. The Morgan fingerprint density at radius 3 is 2.52 bits per heavy atom. The smallest absolute Gasteiger partial charge is 0.408 e. The van der Waals surface area contributed by atoms with Gasteiger partial charge in [0.25, 0.3) is 0 Å². The third-order valence-corrected chi connectivity index (χ3v) is 3.75. The van der Waals surface area contributed by atoms with E-state index in [0.717, 1.165) is 11.8 Å². The van der Waals surface area contributed by atoms with Gasteiger partial charge in [-0.3, -0.25) is 0 Å². The summed E-state index contributed by atoms with van der Waals surface area (Å²) in [4.78, 5) is 24.7. The topological polar surface area (TPSA) is 64.6 Å². The number of hydrogen-bond acceptors (Lipinski definition) is 4. The molecule has 1 aliphatic rings. The van der Waals surface area contributed by atoms with Crippen LogP contribution in [0.15, 0.2) is 37.1 Å². The molecular formula is C18H23NO4. The molecule has 0 aliphatic heterocycles. The Hall–Kier alpha value is -2.30. The first-order valence-corrected chi connectivity index (χ1v) is 7.66. The van der Waals surface area contributed by atoms with Gasteiger partial charge in [0, 0.05) is 6.42 Å². The van der Waals surface area contributed by atoms with Crippen molar-refractivity contribution in [2.24, 2.45) is 0 Å². The summed E-state index contributed by atoms with van der Waals surface area (Å²) in [6.45, 7) is 8.75. The number of benzene rings is 1. The van der Waals surface area contributed by atoms with Crippen LogP contribution in [-0.4, -0.2) is 23.2 Å². The Bertz CT molecular complexity index is 618. The quantitative estimate of drug-likeness (QED) is 0.687. The minimum Gasteiger partial charge on any atom is -0.444 e. The van der Waals surface area contributed by atoms with E-state index in [2.05, 4.69) is 11.9 Å². The summed E-state index contributed by atoms with van der Waals surface area (Å²) in [6, 6.07) is 7.88. The fourth-order valence-electron chi connectivity index (χ4n) is 2.75. The number of esters is 1. The molecule has 0 spiro atoms. The molecule has 23 heavy (non-hydrogen) atoms. The maximum absolute atomic E-state index is 12.5. The molecule has 1 aromatic rings. The molecule has 0 bridgehead atoms. The lowest BCUT2D eigenvalue weighted by Gasteiger charge is -2.36. The van der Waals surface area contributed by atoms with Gasteiger partial charge in [-0.2, -0.15) is 0 Å². The van der Waals surface area contributed by atoms with Crippen LogP contribution in [0.5, 0.6) is 0 Å². The van der Waals surface area contributed by atoms with Gasteiger partial charge >= 0.3 is 12.1 Å². The van der Waals surface area contributed by atoms with Crippen molar-refractivity contribution in [3.63, 3.8) is 0 Å². The van der Waals surface area contributed by atoms with Gasteiger partial charge in [-0.1, -0.05) is 30.8 Å². The Kier molecular flexibility index (Phi) is 4.78. The zero-order chi connectivity index (χ0) is 17.1. The summed E-state index contributed by atoms with van der Waals surface area (Å²) in [5, 5.41) is 2.73. The Labute approximate surface area is 136 Å². The highest BCUT2D eigenvalue weighted by molar-refractivity contribution is 5.87. The Balaban J connectivity index is 2.26. The van der Waals surface area contributed by atoms with Gasteiger partial charge in [0.05, 0.1) is 6.26 Å². The van der Waals surface area contributed by atoms with Crippen molar-refractivity contribution in [2.75, 3.05) is 0 Å². The number of ether oxygens (including phenoxy) is 2. The van der Waals surface area contributed by atoms with Crippen molar-refractivity contribution in [2.45, 2.75) is 51.2 Å². The average molecular weight is 317 g/mol. The minimum absolute atomic E-state index is 0.370. The summed E-state index contributed by atoms with van der Waals surface area (Å²) < 4.78 is 10.3. The fraction of sp³-hybridized carbons (Fsp3) is 0.444. The number of aryl methyl sites for hydroxylation is 1. The predicted octanol–water partition coefficient (Wildman–Crippen LogP) is 3.13. The molecule has 1 aromatic carbocycles. The van der Waals surface area contributed by atoms with E-state index in [1.807, 2.05) is 24.3 Å². The molecule has 0 fully saturated rings. The van der Waals surface area contributed by atoms with Crippen molar-refractivity contribution < 1.29 is 19.1 Å². The highest BCUT2D eigenvalue weighted by atomic mass is 16.6. The number of carbonyl (C=O) groups is 2. The molecule has 2 rings (SSSR count). The third kappa shape index (κ3) is 4.12. The van der Waals surface area contributed by atoms with Crippen LogP contribution in [0.2, 0.25) is 0 Å². The van der Waals surface area contributed by atoms with Crippen LogP contribution < -0.4 is 5.32 Å². The average Bonchev–Trinajstić information content (AvgIpc) is 2.45. The Morgan fingerprint density at radius 1 is 1.26 bits per heavy atom. The molecule has 1 atom stereocenters. The maximum atomic E-state index is 12.5. The van der Waals surface area contributed by atoms with E-state index in [-0.39, 0.29) is 0 Å². The van der Waals surface area contributed by atoms with Crippen molar-refractivity contribution in [3.05, 3.63) is 48.2 Å². The van der Waals surface area contributed by atoms with Crippen molar-refractivity contribution in [1.29, 1.82) is 0 Å². The molecule has 0 saturated heterocycles. The van der Waals surface area contributed by atoms with E-state index in [0.29, 0.717) is 19.3 Å². The minimum atomic E-state index is -1.13. The van der Waals surface area contributed by atoms with E-state index in [4.69, 9.17) is 9.47 Å². The third-order valence-electron chi connectivity index (χ3n) is 3.75. The zero-order valence-corrected chi connectivity index (χ0v) is 13.8. The molecule has 5 heteroatoms. The number of rotatable bonds is 3. The van der Waals surface area contributed by atoms with Crippen LogP contribution in [0.4, 0.5) is 4.79 Å². The summed E-state index contributed by atoms with van der Waals surface area (Å²) in [5.41, 5.74) is 0.432. The van der Waals surface area contributed by atoms with Crippen molar-refractivity contribution in [3.8, 4) is 0 Å². The van der Waals surface area contributed by atoms with Gasteiger partial charge in [-0.15, -0.1) is 0 Å². The van der Waals surface area contributed by atoms with Gasteiger partial charge < -0.3 is 14.8 Å². The molecule has 0 radical (unpaired) electrons. The summed E-state index contributed by atoms with van der Waals surface area (Å²) in [5.74, 6) is -0.520. The zero-order valence-electron chi connectivity index (χ0n) is 13.8. The first kappa shape index (κ1) is 17.1. The van der Waals surface area contributed by atoms with Crippen LogP contribution in [0, 0.1) is 0 Å². The number of amides is 1. The van der Waals surface area contributed by atoms with Gasteiger partial charge in [0.15, 0.2) is 0 Å². The molecular weight excluding hydrogens is 294 g/mol. The highest BCUT2D eigenvalue weighted by Gasteiger charge is 2.44. The lowest BCUT2D eigenvalue weighted by molar-refractivity contribution is -0.146. The number of hydrogen-bond donors (Lipinski definition) is 1. The molecule has 1 amide bonds. The second-order valence-corrected chi connectivity index (χ2v) is 6.73. The van der Waals surface area contributed by atoms with Crippen LogP contribution in [-0.2, 0) is 27.1 Å². The molecule has 1 unspecified atom stereocenters. The van der Waals surface area contributed by atoms with E-state index < -0.39 is 23.2 Å². The molecule has 0 aromatic heterocycles. The molecule has 1 N–H and O–H groups in total. The lowest BCUT2D eigenvalue weighted by Crippen LogP contribution is -2.59. The molecule has 5 nitrogen and oxygen atoms in total. The van der Waals surface area contributed by atoms with Crippen molar-refractivity contribution >= 4 is 12.1 Å². The summed E-state index contributed by atoms with van der Waals surface area (Å²) in [7, 11) is 0. The first-order valence-electron chi connectivity index (χ1n) is 7.66. The normalized spacial score (nSPS) is 20.1. The maximum Gasteiger partial charge on any atom is 0.408 e. The standard InChI is InChI=1S/C18H23NO4/c1-5-22-15(20)18(19-16(21)23-17(2,3)4)11-10-13-8-6-7-9-14(13)12-18/h5-9H,1,10-12H2,2-4H3,(H,19,21). The second-order valence-electron chi connectivity index (χ2n) is 6.73. The van der Waals surface area contributed by atoms with Gasteiger partial charge in [-0.05, 0) is 44.7 Å². The lowest BCUT2D eigenvalue weighted by atomic mass is 9.78. The first-order chi connectivity index (χ1) is 10.8. The summed E-state index contributed by atoms with van der Waals surface area (Å²) in [6.07, 6.45) is 1.96. The number of alkyl carbamates (subject to hydrolysis) is 1. The van der Waals surface area contributed by atoms with Crippen LogP contribution in [0.25, 0.3) is 0 Å². The molecule has 1 aliphatic carbocycles. The largest absolute Gasteiger partial charge is 0.444 e. The fourth-order valence-corrected chi connectivity index (χ4v) is 2.75. The Morgan fingerprint density at radius 2 is 1.91 bits per heavy atom. The van der Waals surface area contributed by atoms with E-state index in [1.54, 1.807) is 20.8 Å². The molecule has 0 saturated carbocycles. The SMILES string of the molecule is C=COC(=O)C1(NC(=O)OC(C)(C)C)CCc2ccccc2C1. The van der Waals surface area contributed by atoms with Crippen LogP contribution in [0.1, 0.15) is 38.3 Å². The van der Waals surface area contributed by atoms with Gasteiger partial charge in [0.2, 0.25) is 0 Å². The number of carbonyl (C=O) groups excluding carboxylic acids is 2. The second kappa shape index (κ2) is 6.44. The van der Waals surface area contributed by atoms with E-state index in [9.17, 15) is 9.59 Å². The number of fused-ring (bicyclic) bond motifs is 1. The van der Waals surface area contributed by atoms with Crippen molar-refractivity contribution in [1.82, 2.24) is 5.32 Å². The van der Waals surface area contributed by atoms with Gasteiger partial charge in [-0.25, -0.2) is 9.59 Å². The number of nitrogens with one attached hydrogen (secondary N) is 1.